The molecule has 2 aromatic rings. The number of hydrogen-bond acceptors (Lipinski definition) is 4. The number of carbonyl (C=O) groups is 3. The summed E-state index contributed by atoms with van der Waals surface area (Å²) in [6.07, 6.45) is 1.45. The summed E-state index contributed by atoms with van der Waals surface area (Å²) < 4.78 is 4.81. The van der Waals surface area contributed by atoms with Crippen molar-refractivity contribution in [1.82, 2.24) is 15.2 Å². The van der Waals surface area contributed by atoms with E-state index in [1.165, 1.54) is 7.11 Å². The number of aromatic amines is 1. The molecule has 7 nitrogen and oxygen atoms in total. The molecule has 8 heteroatoms. The van der Waals surface area contributed by atoms with Crippen molar-refractivity contribution in [2.45, 2.75) is 33.2 Å². The number of likely N-dealkylation sites (tertiary alicyclic amines) is 1. The van der Waals surface area contributed by atoms with Gasteiger partial charge in [-0.05, 0) is 43.9 Å². The molecule has 0 radical (unpaired) electrons. The zero-order valence-electron chi connectivity index (χ0n) is 17.4. The van der Waals surface area contributed by atoms with Gasteiger partial charge in [-0.15, -0.1) is 0 Å². The van der Waals surface area contributed by atoms with Crippen LogP contribution >= 0.6 is 11.6 Å². The van der Waals surface area contributed by atoms with Crippen LogP contribution in [0.25, 0.3) is 0 Å². The van der Waals surface area contributed by atoms with Crippen molar-refractivity contribution in [2.75, 3.05) is 20.2 Å². The molecule has 1 aromatic heterocycles. The Balaban J connectivity index is 1.67. The van der Waals surface area contributed by atoms with E-state index in [-0.39, 0.29) is 17.7 Å². The van der Waals surface area contributed by atoms with E-state index in [2.05, 4.69) is 10.3 Å². The number of ether oxygens (including phenoxy) is 1. The zero-order chi connectivity index (χ0) is 21.8. The summed E-state index contributed by atoms with van der Waals surface area (Å²) in [6.45, 7) is 4.70. The van der Waals surface area contributed by atoms with Crippen molar-refractivity contribution in [3.8, 4) is 0 Å². The molecule has 160 valence electrons. The molecule has 3 rings (SSSR count). The first-order valence-corrected chi connectivity index (χ1v) is 10.3. The highest BCUT2D eigenvalue weighted by atomic mass is 35.5. The highest BCUT2D eigenvalue weighted by Crippen LogP contribution is 2.24. The lowest BCUT2D eigenvalue weighted by atomic mass is 9.96. The number of benzene rings is 1. The van der Waals surface area contributed by atoms with Crippen molar-refractivity contribution in [3.05, 3.63) is 57.4 Å². The fourth-order valence-electron chi connectivity index (χ4n) is 3.87. The highest BCUT2D eigenvalue weighted by molar-refractivity contribution is 6.31. The van der Waals surface area contributed by atoms with Crippen LogP contribution in [0.3, 0.4) is 0 Å². The monoisotopic (exact) mass is 431 g/mol. The summed E-state index contributed by atoms with van der Waals surface area (Å²) in [5, 5.41) is 3.53. The van der Waals surface area contributed by atoms with Gasteiger partial charge in [0.05, 0.1) is 18.6 Å². The van der Waals surface area contributed by atoms with Gasteiger partial charge in [0, 0.05) is 30.4 Å². The number of H-pyrrole nitrogens is 1. The minimum absolute atomic E-state index is 0.0953. The second kappa shape index (κ2) is 9.34. The van der Waals surface area contributed by atoms with E-state index < -0.39 is 5.97 Å². The van der Waals surface area contributed by atoms with Crippen molar-refractivity contribution >= 4 is 29.4 Å². The van der Waals surface area contributed by atoms with Gasteiger partial charge in [0.15, 0.2) is 0 Å². The third-order valence-corrected chi connectivity index (χ3v) is 5.90. The number of esters is 1. The van der Waals surface area contributed by atoms with Gasteiger partial charge in [0.1, 0.15) is 5.69 Å². The Morgan fingerprint density at radius 3 is 2.70 bits per heavy atom. The summed E-state index contributed by atoms with van der Waals surface area (Å²) in [6, 6.07) is 7.37. The van der Waals surface area contributed by atoms with Gasteiger partial charge in [-0.2, -0.15) is 0 Å². The molecule has 1 saturated heterocycles. The second-order valence-electron chi connectivity index (χ2n) is 7.52. The molecular weight excluding hydrogens is 406 g/mol. The van der Waals surface area contributed by atoms with E-state index in [4.69, 9.17) is 16.3 Å². The average Bonchev–Trinajstić information content (AvgIpc) is 3.05. The zero-order valence-corrected chi connectivity index (χ0v) is 18.1. The van der Waals surface area contributed by atoms with Crippen LogP contribution in [0.1, 0.15) is 50.5 Å². The van der Waals surface area contributed by atoms with E-state index >= 15 is 0 Å². The average molecular weight is 432 g/mol. The largest absolute Gasteiger partial charge is 0.465 e. The molecule has 1 fully saturated rings. The number of halogens is 1. The van der Waals surface area contributed by atoms with E-state index in [1.807, 2.05) is 18.2 Å². The Morgan fingerprint density at radius 2 is 2.00 bits per heavy atom. The molecule has 0 aliphatic carbocycles. The van der Waals surface area contributed by atoms with Gasteiger partial charge in [0.25, 0.3) is 5.91 Å². The molecule has 1 unspecified atom stereocenters. The minimum atomic E-state index is -0.476. The van der Waals surface area contributed by atoms with Gasteiger partial charge in [-0.1, -0.05) is 29.8 Å². The molecule has 2 heterocycles. The van der Waals surface area contributed by atoms with Crippen molar-refractivity contribution < 1.29 is 19.1 Å². The number of aryl methyl sites for hydroxylation is 1. The molecule has 1 atom stereocenters. The van der Waals surface area contributed by atoms with E-state index in [0.29, 0.717) is 53.6 Å². The van der Waals surface area contributed by atoms with Crippen molar-refractivity contribution in [1.29, 1.82) is 0 Å². The fraction of sp³-hybridized carbons (Fsp3) is 0.409. The summed E-state index contributed by atoms with van der Waals surface area (Å²) in [4.78, 5) is 42.4. The van der Waals surface area contributed by atoms with E-state index in [1.54, 1.807) is 24.8 Å². The number of piperidine rings is 1. The van der Waals surface area contributed by atoms with Gasteiger partial charge in [-0.3, -0.25) is 9.59 Å². The Bertz CT molecular complexity index is 969. The number of aromatic nitrogens is 1. The number of amides is 2. The number of nitrogens with one attached hydrogen (secondary N) is 2. The van der Waals surface area contributed by atoms with E-state index in [9.17, 15) is 14.4 Å². The maximum atomic E-state index is 13.1. The summed E-state index contributed by atoms with van der Waals surface area (Å²) in [7, 11) is 1.31. The molecule has 1 aliphatic heterocycles. The summed E-state index contributed by atoms with van der Waals surface area (Å²) in [5.41, 5.74) is 2.75. The summed E-state index contributed by atoms with van der Waals surface area (Å²) >= 11 is 6.15. The Kier molecular flexibility index (Phi) is 6.82. The van der Waals surface area contributed by atoms with Crippen LogP contribution in [0.5, 0.6) is 0 Å². The third-order valence-electron chi connectivity index (χ3n) is 5.53. The molecule has 2 amide bonds. The number of carbonyl (C=O) groups excluding carboxylic acids is 3. The first-order chi connectivity index (χ1) is 14.3. The van der Waals surface area contributed by atoms with E-state index in [0.717, 1.165) is 12.0 Å². The normalized spacial score (nSPS) is 16.3. The topological polar surface area (TPSA) is 91.5 Å². The first kappa shape index (κ1) is 21.9. The van der Waals surface area contributed by atoms with Gasteiger partial charge in [0.2, 0.25) is 5.91 Å². The molecule has 1 aliphatic rings. The lowest BCUT2D eigenvalue weighted by Crippen LogP contribution is -2.45. The lowest BCUT2D eigenvalue weighted by molar-refractivity contribution is -0.126. The van der Waals surface area contributed by atoms with Gasteiger partial charge >= 0.3 is 5.97 Å². The Hall–Kier alpha value is -2.80. The van der Waals surface area contributed by atoms with Gasteiger partial charge in [-0.25, -0.2) is 4.79 Å². The predicted molar refractivity (Wildman–Crippen MR) is 114 cm³/mol. The second-order valence-corrected chi connectivity index (χ2v) is 7.92. The quantitative estimate of drug-likeness (QED) is 0.711. The summed E-state index contributed by atoms with van der Waals surface area (Å²) in [5.74, 6) is -1.08. The van der Waals surface area contributed by atoms with Crippen LogP contribution in [0, 0.1) is 19.8 Å². The van der Waals surface area contributed by atoms with Crippen LogP contribution in [0.4, 0.5) is 0 Å². The molecule has 30 heavy (non-hydrogen) atoms. The predicted octanol–water partition coefficient (Wildman–Crippen LogP) is 3.24. The Labute approximate surface area is 180 Å². The van der Waals surface area contributed by atoms with Gasteiger partial charge < -0.3 is 19.9 Å². The van der Waals surface area contributed by atoms with Crippen molar-refractivity contribution in [2.24, 2.45) is 5.92 Å². The first-order valence-electron chi connectivity index (χ1n) is 9.91. The molecule has 2 N–H and O–H groups in total. The van der Waals surface area contributed by atoms with Crippen LogP contribution in [0.2, 0.25) is 5.02 Å². The lowest BCUT2D eigenvalue weighted by Gasteiger charge is -2.32. The van der Waals surface area contributed by atoms with Crippen LogP contribution in [-0.4, -0.2) is 47.9 Å². The Morgan fingerprint density at radius 1 is 1.27 bits per heavy atom. The molecule has 1 aromatic carbocycles. The molecular formula is C22H26ClN3O4. The van der Waals surface area contributed by atoms with Crippen LogP contribution in [0.15, 0.2) is 24.3 Å². The standard InChI is InChI=1S/C22H26ClN3O4/c1-13-18(22(29)30-3)14(2)25-19(13)21(28)26-10-6-8-16(12-26)20(27)24-11-15-7-4-5-9-17(15)23/h4-5,7,9,16,25H,6,8,10-12H2,1-3H3,(H,24,27). The number of nitrogens with zero attached hydrogens (tertiary/aromatic N) is 1. The number of rotatable bonds is 5. The minimum Gasteiger partial charge on any atom is -0.465 e. The number of methoxy groups -OCH3 is 1. The van der Waals surface area contributed by atoms with Crippen molar-refractivity contribution in [3.63, 3.8) is 0 Å². The molecule has 0 bridgehead atoms. The number of hydrogen-bond donors (Lipinski definition) is 2. The fourth-order valence-corrected chi connectivity index (χ4v) is 4.08. The van der Waals surface area contributed by atoms with Crippen LogP contribution < -0.4 is 5.32 Å². The SMILES string of the molecule is COC(=O)c1c(C)[nH]c(C(=O)N2CCCC(C(=O)NCc3ccccc3Cl)C2)c1C. The van der Waals surface area contributed by atoms with Crippen LogP contribution in [-0.2, 0) is 16.1 Å². The molecule has 0 spiro atoms. The highest BCUT2D eigenvalue weighted by Gasteiger charge is 2.31. The maximum Gasteiger partial charge on any atom is 0.339 e. The molecule has 0 saturated carbocycles. The smallest absolute Gasteiger partial charge is 0.339 e. The maximum absolute atomic E-state index is 13.1. The third kappa shape index (κ3) is 4.51.